The molecule has 0 aromatic rings. The summed E-state index contributed by atoms with van der Waals surface area (Å²) in [5.74, 6) is -0.236. The first-order valence-corrected chi connectivity index (χ1v) is 7.68. The second-order valence-electron chi connectivity index (χ2n) is 3.68. The van der Waals surface area contributed by atoms with Gasteiger partial charge in [-0.1, -0.05) is 13.0 Å². The van der Waals surface area contributed by atoms with Crippen LogP contribution in [-0.2, 0) is 19.4 Å². The van der Waals surface area contributed by atoms with Crippen molar-refractivity contribution in [2.75, 3.05) is 38.2 Å². The molecule has 0 N–H and O–H groups in total. The first kappa shape index (κ1) is 16.1. The third-order valence-corrected chi connectivity index (χ3v) is 3.05. The number of carbonyl (C=O) groups excluding carboxylic acids is 1. The fourth-order valence-corrected chi connectivity index (χ4v) is 1.75. The second-order valence-corrected chi connectivity index (χ2v) is 5.94. The van der Waals surface area contributed by atoms with Crippen molar-refractivity contribution in [3.05, 3.63) is 12.2 Å². The van der Waals surface area contributed by atoms with Gasteiger partial charge in [0, 0.05) is 25.4 Å². The van der Waals surface area contributed by atoms with Gasteiger partial charge in [-0.05, 0) is 13.5 Å². The molecule has 0 aliphatic rings. The van der Waals surface area contributed by atoms with Crippen LogP contribution in [0.2, 0.25) is 0 Å². The Hall–Kier alpha value is -0.880. The van der Waals surface area contributed by atoms with Gasteiger partial charge in [-0.25, -0.2) is 13.2 Å². The Bertz CT molecular complexity index is 348. The topological polar surface area (TPSA) is 63.7 Å². The van der Waals surface area contributed by atoms with Crippen molar-refractivity contribution >= 4 is 15.8 Å². The number of hydrogen-bond donors (Lipinski definition) is 0. The molecule has 0 spiro atoms. The molecule has 0 bridgehead atoms. The molecular weight excluding hydrogens is 242 g/mol. The van der Waals surface area contributed by atoms with E-state index in [1.54, 1.807) is 13.0 Å². The number of likely N-dealkylation sites (N-methyl/N-ethyl adjacent to an activating group) is 1. The van der Waals surface area contributed by atoms with Crippen molar-refractivity contribution < 1.29 is 17.9 Å². The highest BCUT2D eigenvalue weighted by molar-refractivity contribution is 7.90. The summed E-state index contributed by atoms with van der Waals surface area (Å²) in [6.45, 7) is 5.81. The first-order chi connectivity index (χ1) is 7.89. The van der Waals surface area contributed by atoms with Gasteiger partial charge in [0.2, 0.25) is 0 Å². The molecule has 0 unspecified atom stereocenters. The van der Waals surface area contributed by atoms with Gasteiger partial charge in [0.25, 0.3) is 0 Å². The van der Waals surface area contributed by atoms with Gasteiger partial charge in [-0.15, -0.1) is 0 Å². The summed E-state index contributed by atoms with van der Waals surface area (Å²) >= 11 is 0. The summed E-state index contributed by atoms with van der Waals surface area (Å²) in [6, 6.07) is 0. The van der Waals surface area contributed by atoms with Crippen molar-refractivity contribution in [1.29, 1.82) is 0 Å². The highest BCUT2D eigenvalue weighted by atomic mass is 32.2. The Labute approximate surface area is 103 Å². The number of rotatable bonds is 8. The predicted molar refractivity (Wildman–Crippen MR) is 67.6 cm³/mol. The Kier molecular flexibility index (Phi) is 7.82. The smallest absolute Gasteiger partial charge is 0.330 e. The lowest BCUT2D eigenvalue weighted by Crippen LogP contribution is -2.29. The number of sulfone groups is 1. The molecule has 0 saturated carbocycles. The van der Waals surface area contributed by atoms with Crippen LogP contribution in [0.3, 0.4) is 0 Å². The van der Waals surface area contributed by atoms with Crippen LogP contribution in [0.1, 0.15) is 13.8 Å². The minimum Gasteiger partial charge on any atom is -0.463 e. The van der Waals surface area contributed by atoms with E-state index in [4.69, 9.17) is 4.74 Å². The van der Waals surface area contributed by atoms with Gasteiger partial charge in [-0.3, -0.25) is 4.90 Å². The zero-order chi connectivity index (χ0) is 13.3. The Morgan fingerprint density at radius 2 is 2.00 bits per heavy atom. The molecule has 0 saturated heterocycles. The molecule has 0 atom stereocenters. The number of nitrogens with zero attached hydrogens (tertiary/aromatic N) is 1. The lowest BCUT2D eigenvalue weighted by atomic mass is 10.4. The first-order valence-electron chi connectivity index (χ1n) is 5.62. The van der Waals surface area contributed by atoms with Crippen LogP contribution in [0, 0.1) is 0 Å². The van der Waals surface area contributed by atoms with Crippen molar-refractivity contribution in [2.45, 2.75) is 13.8 Å². The molecule has 0 aliphatic carbocycles. The summed E-state index contributed by atoms with van der Waals surface area (Å²) in [6.07, 6.45) is 4.27. The van der Waals surface area contributed by atoms with E-state index in [0.717, 1.165) is 6.54 Å². The minimum atomic E-state index is -2.94. The zero-order valence-electron chi connectivity index (χ0n) is 10.7. The fourth-order valence-electron chi connectivity index (χ4n) is 1.16. The van der Waals surface area contributed by atoms with Gasteiger partial charge in [0.15, 0.2) is 0 Å². The van der Waals surface area contributed by atoms with Gasteiger partial charge in [0.05, 0.1) is 12.4 Å². The molecule has 0 aromatic heterocycles. The molecule has 5 nitrogen and oxygen atoms in total. The highest BCUT2D eigenvalue weighted by Crippen LogP contribution is 1.92. The third-order valence-electron chi connectivity index (χ3n) is 2.13. The maximum Gasteiger partial charge on any atom is 0.330 e. The molecular formula is C11H21NO4S. The Morgan fingerprint density at radius 3 is 2.47 bits per heavy atom. The quantitative estimate of drug-likeness (QED) is 0.470. The molecule has 0 radical (unpaired) electrons. The summed E-state index contributed by atoms with van der Waals surface area (Å²) in [7, 11) is -2.94. The van der Waals surface area contributed by atoms with E-state index in [-0.39, 0.29) is 11.7 Å². The maximum atomic E-state index is 11.0. The number of hydrogen-bond acceptors (Lipinski definition) is 5. The standard InChI is InChI=1S/C11H21NO4S/c1-4-12(9-10-17(3,14)15)8-6-7-11(13)16-5-2/h6-7H,4-5,8-10H2,1-3H3. The van der Waals surface area contributed by atoms with E-state index in [2.05, 4.69) is 0 Å². The van der Waals surface area contributed by atoms with Crippen LogP contribution in [0.25, 0.3) is 0 Å². The number of ether oxygens (including phenoxy) is 1. The predicted octanol–water partition coefficient (Wildman–Crippen LogP) is 0.472. The molecule has 100 valence electrons. The van der Waals surface area contributed by atoms with Gasteiger partial charge >= 0.3 is 5.97 Å². The average Bonchev–Trinajstić information content (AvgIpc) is 2.22. The third kappa shape index (κ3) is 10.0. The number of esters is 1. The van der Waals surface area contributed by atoms with Crippen molar-refractivity contribution in [2.24, 2.45) is 0 Å². The monoisotopic (exact) mass is 263 g/mol. The molecule has 0 aliphatic heterocycles. The fraction of sp³-hybridized carbons (Fsp3) is 0.727. The van der Waals surface area contributed by atoms with E-state index in [9.17, 15) is 13.2 Å². The minimum absolute atomic E-state index is 0.133. The van der Waals surface area contributed by atoms with E-state index < -0.39 is 9.84 Å². The van der Waals surface area contributed by atoms with Crippen molar-refractivity contribution in [3.63, 3.8) is 0 Å². The van der Waals surface area contributed by atoms with Crippen LogP contribution in [0.15, 0.2) is 12.2 Å². The summed E-state index contributed by atoms with van der Waals surface area (Å²) in [5, 5.41) is 0. The molecule has 0 fully saturated rings. The van der Waals surface area contributed by atoms with Crippen molar-refractivity contribution in [3.8, 4) is 0 Å². The molecule has 0 aromatic carbocycles. The molecule has 0 rings (SSSR count). The van der Waals surface area contributed by atoms with Crippen LogP contribution in [-0.4, -0.2) is 57.5 Å². The van der Waals surface area contributed by atoms with Gasteiger partial charge in [-0.2, -0.15) is 0 Å². The van der Waals surface area contributed by atoms with E-state index in [0.29, 0.717) is 19.7 Å². The largest absolute Gasteiger partial charge is 0.463 e. The van der Waals surface area contributed by atoms with Crippen LogP contribution in [0.5, 0.6) is 0 Å². The van der Waals surface area contributed by atoms with Crippen LogP contribution in [0.4, 0.5) is 0 Å². The molecule has 0 amide bonds. The van der Waals surface area contributed by atoms with Crippen LogP contribution >= 0.6 is 0 Å². The van der Waals surface area contributed by atoms with Crippen LogP contribution < -0.4 is 0 Å². The molecule has 6 heteroatoms. The Balaban J connectivity index is 4.02. The van der Waals surface area contributed by atoms with E-state index in [1.165, 1.54) is 12.3 Å². The summed E-state index contributed by atoms with van der Waals surface area (Å²) in [4.78, 5) is 12.9. The molecule has 17 heavy (non-hydrogen) atoms. The van der Waals surface area contributed by atoms with Gasteiger partial charge in [0.1, 0.15) is 9.84 Å². The van der Waals surface area contributed by atoms with E-state index >= 15 is 0 Å². The second kappa shape index (κ2) is 8.25. The normalized spacial score (nSPS) is 12.2. The van der Waals surface area contributed by atoms with Crippen molar-refractivity contribution in [1.82, 2.24) is 4.90 Å². The Morgan fingerprint density at radius 1 is 1.35 bits per heavy atom. The maximum absolute atomic E-state index is 11.0. The highest BCUT2D eigenvalue weighted by Gasteiger charge is 2.06. The van der Waals surface area contributed by atoms with Gasteiger partial charge < -0.3 is 4.74 Å². The lowest BCUT2D eigenvalue weighted by molar-refractivity contribution is -0.137. The zero-order valence-corrected chi connectivity index (χ0v) is 11.5. The summed E-state index contributed by atoms with van der Waals surface area (Å²) in [5.41, 5.74) is 0. The molecule has 0 heterocycles. The number of carbonyl (C=O) groups is 1. The SMILES string of the molecule is CCOC(=O)C=CCN(CC)CCS(C)(=O)=O. The summed E-state index contributed by atoms with van der Waals surface area (Å²) < 4.78 is 26.7. The van der Waals surface area contributed by atoms with E-state index in [1.807, 2.05) is 11.8 Å². The average molecular weight is 263 g/mol. The lowest BCUT2D eigenvalue weighted by Gasteiger charge is -2.17.